The summed E-state index contributed by atoms with van der Waals surface area (Å²) in [6.45, 7) is 0. The molecular formula is C22H15ClF6N2O4S. The quantitative estimate of drug-likeness (QED) is 0.241. The molecule has 0 aliphatic rings. The van der Waals surface area contributed by atoms with E-state index < -0.39 is 64.6 Å². The number of halogens is 7. The Hall–Kier alpha value is -3.32. The predicted octanol–water partition coefficient (Wildman–Crippen LogP) is 7.43. The van der Waals surface area contributed by atoms with Gasteiger partial charge in [0.25, 0.3) is 5.91 Å². The number of ether oxygens (including phenoxy) is 3. The number of hydrogen-bond acceptors (Lipinski definition) is 6. The number of pyridine rings is 1. The van der Waals surface area contributed by atoms with Gasteiger partial charge in [0.15, 0.2) is 11.5 Å². The van der Waals surface area contributed by atoms with Crippen LogP contribution in [0.3, 0.4) is 0 Å². The van der Waals surface area contributed by atoms with Crippen LogP contribution >= 0.6 is 23.4 Å². The van der Waals surface area contributed by atoms with E-state index in [0.717, 1.165) is 6.07 Å². The van der Waals surface area contributed by atoms with Crippen molar-refractivity contribution in [3.63, 3.8) is 0 Å². The Morgan fingerprint density at radius 3 is 2.44 bits per heavy atom. The summed E-state index contributed by atoms with van der Waals surface area (Å²) in [5, 5.41) is 2.12. The number of benzene rings is 2. The van der Waals surface area contributed by atoms with E-state index in [1.54, 1.807) is 6.26 Å². The summed E-state index contributed by atoms with van der Waals surface area (Å²) in [5.41, 5.74) is -1.70. The lowest BCUT2D eigenvalue weighted by Crippen LogP contribution is -2.17. The molecule has 1 N–H and O–H groups in total. The molecule has 6 nitrogen and oxygen atoms in total. The topological polar surface area (TPSA) is 69.7 Å². The smallest absolute Gasteiger partial charge is 0.493 e. The Balaban J connectivity index is 2.10. The number of thioether (sulfide) groups is 1. The molecule has 0 bridgehead atoms. The number of carbonyl (C=O) groups is 1. The molecular weight excluding hydrogens is 538 g/mol. The van der Waals surface area contributed by atoms with Crippen LogP contribution in [0.15, 0.2) is 53.7 Å². The molecule has 0 aliphatic heterocycles. The lowest BCUT2D eigenvalue weighted by atomic mass is 10.1. The third-order valence-corrected chi connectivity index (χ3v) is 5.25. The highest BCUT2D eigenvalue weighted by Crippen LogP contribution is 2.42. The molecule has 192 valence electrons. The van der Waals surface area contributed by atoms with E-state index in [9.17, 15) is 31.1 Å². The van der Waals surface area contributed by atoms with Gasteiger partial charge in [-0.05, 0) is 42.7 Å². The van der Waals surface area contributed by atoms with Gasteiger partial charge in [-0.25, -0.2) is 4.98 Å². The van der Waals surface area contributed by atoms with E-state index in [1.165, 1.54) is 30.1 Å². The van der Waals surface area contributed by atoms with E-state index in [2.05, 4.69) is 19.8 Å². The lowest BCUT2D eigenvalue weighted by Gasteiger charge is -2.18. The zero-order chi connectivity index (χ0) is 29.2. The second-order valence-electron chi connectivity index (χ2n) is 6.73. The fourth-order valence-corrected chi connectivity index (χ4v) is 3.48. The standard InChI is InChI=1S/C22H15ClF6N2O4S/c1-33-18-8-12(35-22(27,28)29)3-4-16(18)34-17-10-14(21(24,25)26)15(23)9-13(17)20(32)31-11-5-6-30-19(7-11)36-2/h3-10H,1-2H3,(H,30,31,32)/i1D3. The van der Waals surface area contributed by atoms with Gasteiger partial charge in [0.05, 0.1) is 32.3 Å². The average molecular weight is 556 g/mol. The highest BCUT2D eigenvalue weighted by Gasteiger charge is 2.35. The number of anilines is 1. The van der Waals surface area contributed by atoms with Crippen LogP contribution in [0, 0.1) is 0 Å². The van der Waals surface area contributed by atoms with Crippen molar-refractivity contribution in [2.24, 2.45) is 0 Å². The number of nitrogens with one attached hydrogen (secondary N) is 1. The maximum absolute atomic E-state index is 13.6. The SMILES string of the molecule is [2H]C([2H])([2H])Oc1cc(OC(F)(F)F)ccc1Oc1cc(C(F)(F)F)c(Cl)cc1C(=O)Nc1ccnc(SC)c1. The number of amides is 1. The molecule has 0 unspecified atom stereocenters. The molecule has 3 rings (SSSR count). The largest absolute Gasteiger partial charge is 0.573 e. The molecule has 1 aromatic heterocycles. The Kier molecular flexibility index (Phi) is 6.89. The van der Waals surface area contributed by atoms with Crippen molar-refractivity contribution in [1.29, 1.82) is 0 Å². The molecule has 0 spiro atoms. The van der Waals surface area contributed by atoms with Crippen molar-refractivity contribution in [2.75, 3.05) is 18.6 Å². The summed E-state index contributed by atoms with van der Waals surface area (Å²) < 4.78 is 114. The van der Waals surface area contributed by atoms with E-state index in [0.29, 0.717) is 29.3 Å². The normalized spacial score (nSPS) is 13.3. The van der Waals surface area contributed by atoms with Crippen LogP contribution in [0.5, 0.6) is 23.0 Å². The van der Waals surface area contributed by atoms with Crippen LogP contribution in [0.4, 0.5) is 32.0 Å². The van der Waals surface area contributed by atoms with Gasteiger partial charge < -0.3 is 19.5 Å². The zero-order valence-electron chi connectivity index (χ0n) is 20.8. The number of rotatable bonds is 7. The fourth-order valence-electron chi connectivity index (χ4n) is 2.80. The number of aromatic nitrogens is 1. The first-order chi connectivity index (χ1) is 17.9. The first-order valence-electron chi connectivity index (χ1n) is 10.9. The average Bonchev–Trinajstić information content (AvgIpc) is 2.78. The third kappa shape index (κ3) is 6.88. The number of hydrogen-bond donors (Lipinski definition) is 1. The van der Waals surface area contributed by atoms with Gasteiger partial charge in [-0.15, -0.1) is 24.9 Å². The Morgan fingerprint density at radius 1 is 1.06 bits per heavy atom. The van der Waals surface area contributed by atoms with E-state index in [-0.39, 0.29) is 5.69 Å². The minimum atomic E-state index is -5.15. The van der Waals surface area contributed by atoms with Crippen LogP contribution in [0.25, 0.3) is 0 Å². The van der Waals surface area contributed by atoms with Crippen LogP contribution in [-0.4, -0.2) is 30.5 Å². The molecule has 0 radical (unpaired) electrons. The molecule has 14 heteroatoms. The van der Waals surface area contributed by atoms with Crippen molar-refractivity contribution >= 4 is 35.0 Å². The maximum atomic E-state index is 13.6. The monoisotopic (exact) mass is 555 g/mol. The highest BCUT2D eigenvalue weighted by atomic mass is 35.5. The van der Waals surface area contributed by atoms with Crippen LogP contribution in [0.2, 0.25) is 5.02 Å². The van der Waals surface area contributed by atoms with Crippen molar-refractivity contribution in [1.82, 2.24) is 4.98 Å². The first kappa shape index (κ1) is 23.1. The van der Waals surface area contributed by atoms with Crippen LogP contribution < -0.4 is 19.5 Å². The van der Waals surface area contributed by atoms with Crippen molar-refractivity contribution < 1.29 is 49.5 Å². The maximum Gasteiger partial charge on any atom is 0.573 e. The summed E-state index contributed by atoms with van der Waals surface area (Å²) in [5.74, 6) is -4.12. The van der Waals surface area contributed by atoms with Crippen molar-refractivity contribution in [2.45, 2.75) is 17.6 Å². The first-order valence-corrected chi connectivity index (χ1v) is 11.0. The van der Waals surface area contributed by atoms with Crippen LogP contribution in [-0.2, 0) is 6.18 Å². The highest BCUT2D eigenvalue weighted by molar-refractivity contribution is 7.98. The minimum absolute atomic E-state index is 0.224. The van der Waals surface area contributed by atoms with E-state index in [4.69, 9.17) is 20.5 Å². The zero-order valence-corrected chi connectivity index (χ0v) is 19.3. The van der Waals surface area contributed by atoms with Crippen molar-refractivity contribution in [3.8, 4) is 23.0 Å². The van der Waals surface area contributed by atoms with Gasteiger partial charge in [-0.2, -0.15) is 13.2 Å². The molecule has 1 heterocycles. The van der Waals surface area contributed by atoms with E-state index >= 15 is 0 Å². The van der Waals surface area contributed by atoms with Crippen LogP contribution in [0.1, 0.15) is 20.0 Å². The molecule has 0 aliphatic carbocycles. The lowest BCUT2D eigenvalue weighted by molar-refractivity contribution is -0.274. The fraction of sp³-hybridized carbons (Fsp3) is 0.182. The number of methoxy groups -OCH3 is 1. The second-order valence-corrected chi connectivity index (χ2v) is 7.96. The Morgan fingerprint density at radius 2 is 1.81 bits per heavy atom. The van der Waals surface area contributed by atoms with Gasteiger partial charge in [-0.3, -0.25) is 4.79 Å². The van der Waals surface area contributed by atoms with Gasteiger partial charge in [0, 0.05) is 18.0 Å². The van der Waals surface area contributed by atoms with E-state index in [1.807, 2.05) is 0 Å². The number of alkyl halides is 6. The summed E-state index contributed by atoms with van der Waals surface area (Å²) >= 11 is 7.05. The molecule has 36 heavy (non-hydrogen) atoms. The molecule has 0 fully saturated rings. The second kappa shape index (κ2) is 10.7. The van der Waals surface area contributed by atoms with Gasteiger partial charge >= 0.3 is 12.5 Å². The third-order valence-electron chi connectivity index (χ3n) is 4.30. The van der Waals surface area contributed by atoms with Gasteiger partial charge in [0.2, 0.25) is 0 Å². The molecule has 2 aromatic carbocycles. The number of carbonyl (C=O) groups excluding carboxylic acids is 1. The predicted molar refractivity (Wildman–Crippen MR) is 120 cm³/mol. The molecule has 0 atom stereocenters. The minimum Gasteiger partial charge on any atom is -0.493 e. The summed E-state index contributed by atoms with van der Waals surface area (Å²) in [4.78, 5) is 17.1. The molecule has 3 aromatic rings. The molecule has 1 amide bonds. The summed E-state index contributed by atoms with van der Waals surface area (Å²) in [6.07, 6.45) is -7.04. The Bertz CT molecular complexity index is 1370. The van der Waals surface area contributed by atoms with Crippen molar-refractivity contribution in [3.05, 3.63) is 64.8 Å². The summed E-state index contributed by atoms with van der Waals surface area (Å²) in [6, 6.07) is 5.93. The number of nitrogens with zero attached hydrogens (tertiary/aromatic N) is 1. The van der Waals surface area contributed by atoms with Gasteiger partial charge in [-0.1, -0.05) is 11.6 Å². The molecule has 0 saturated carbocycles. The Labute approximate surface area is 213 Å². The molecule has 0 saturated heterocycles. The van der Waals surface area contributed by atoms with Gasteiger partial charge in [0.1, 0.15) is 11.5 Å². The summed E-state index contributed by atoms with van der Waals surface area (Å²) in [7, 11) is -3.21.